The SMILES string of the molecule is O=C(Nc1ccc([N+](=O)[O-])cc1)c1cnc2ccccc2n1. The van der Waals surface area contributed by atoms with Crippen LogP contribution >= 0.6 is 0 Å². The lowest BCUT2D eigenvalue weighted by Gasteiger charge is -2.05. The molecule has 3 rings (SSSR count). The molecule has 1 N–H and O–H groups in total. The fourth-order valence-electron chi connectivity index (χ4n) is 1.93. The molecule has 0 fully saturated rings. The average molecular weight is 294 g/mol. The molecule has 1 heterocycles. The maximum atomic E-state index is 12.1. The van der Waals surface area contributed by atoms with Gasteiger partial charge in [0.15, 0.2) is 0 Å². The Morgan fingerprint density at radius 3 is 2.41 bits per heavy atom. The zero-order chi connectivity index (χ0) is 15.5. The second-order valence-electron chi connectivity index (χ2n) is 4.50. The first-order valence-electron chi connectivity index (χ1n) is 6.41. The Bertz CT molecular complexity index is 862. The van der Waals surface area contributed by atoms with Crippen LogP contribution in [0.4, 0.5) is 11.4 Å². The van der Waals surface area contributed by atoms with E-state index in [1.54, 1.807) is 12.1 Å². The van der Waals surface area contributed by atoms with Crippen LogP contribution < -0.4 is 5.32 Å². The second-order valence-corrected chi connectivity index (χ2v) is 4.50. The van der Waals surface area contributed by atoms with E-state index in [1.807, 2.05) is 12.1 Å². The number of carbonyl (C=O) groups is 1. The number of carbonyl (C=O) groups excluding carboxylic acids is 1. The van der Waals surface area contributed by atoms with E-state index in [2.05, 4.69) is 15.3 Å². The molecule has 0 bridgehead atoms. The number of benzene rings is 2. The Hall–Kier alpha value is -3.35. The fourth-order valence-corrected chi connectivity index (χ4v) is 1.93. The van der Waals surface area contributed by atoms with E-state index in [1.165, 1.54) is 30.5 Å². The zero-order valence-electron chi connectivity index (χ0n) is 11.3. The lowest BCUT2D eigenvalue weighted by Crippen LogP contribution is -2.14. The number of para-hydroxylation sites is 2. The summed E-state index contributed by atoms with van der Waals surface area (Å²) >= 11 is 0. The highest BCUT2D eigenvalue weighted by Crippen LogP contribution is 2.16. The summed E-state index contributed by atoms with van der Waals surface area (Å²) in [6.07, 6.45) is 1.39. The van der Waals surface area contributed by atoms with Gasteiger partial charge in [0.1, 0.15) is 5.69 Å². The fraction of sp³-hybridized carbons (Fsp3) is 0. The van der Waals surface area contributed by atoms with Gasteiger partial charge in [-0.25, -0.2) is 4.98 Å². The molecule has 0 saturated heterocycles. The molecular formula is C15H10N4O3. The minimum absolute atomic E-state index is 0.0384. The number of aromatic nitrogens is 2. The number of nitrogens with zero attached hydrogens (tertiary/aromatic N) is 3. The molecule has 0 aliphatic carbocycles. The molecule has 22 heavy (non-hydrogen) atoms. The number of rotatable bonds is 3. The molecule has 0 saturated carbocycles. The summed E-state index contributed by atoms with van der Waals surface area (Å²) in [4.78, 5) is 30.6. The van der Waals surface area contributed by atoms with Gasteiger partial charge in [0.05, 0.1) is 22.2 Å². The Morgan fingerprint density at radius 2 is 1.73 bits per heavy atom. The molecule has 7 nitrogen and oxygen atoms in total. The van der Waals surface area contributed by atoms with Crippen molar-refractivity contribution in [2.75, 3.05) is 5.32 Å². The topological polar surface area (TPSA) is 98.0 Å². The van der Waals surface area contributed by atoms with Crippen LogP contribution in [-0.4, -0.2) is 20.8 Å². The lowest BCUT2D eigenvalue weighted by molar-refractivity contribution is -0.384. The molecule has 1 aromatic heterocycles. The number of nitro groups is 1. The third-order valence-corrected chi connectivity index (χ3v) is 3.02. The summed E-state index contributed by atoms with van der Waals surface area (Å²) in [6, 6.07) is 12.8. The zero-order valence-corrected chi connectivity index (χ0v) is 11.3. The number of nitro benzene ring substituents is 1. The molecule has 0 atom stereocenters. The van der Waals surface area contributed by atoms with Gasteiger partial charge in [0.2, 0.25) is 0 Å². The van der Waals surface area contributed by atoms with Gasteiger partial charge >= 0.3 is 0 Å². The molecule has 7 heteroatoms. The monoisotopic (exact) mass is 294 g/mol. The minimum atomic E-state index is -0.500. The highest BCUT2D eigenvalue weighted by Gasteiger charge is 2.10. The number of hydrogen-bond donors (Lipinski definition) is 1. The highest BCUT2D eigenvalue weighted by atomic mass is 16.6. The summed E-state index contributed by atoms with van der Waals surface area (Å²) in [6.45, 7) is 0. The van der Waals surface area contributed by atoms with Crippen molar-refractivity contribution in [3.8, 4) is 0 Å². The largest absolute Gasteiger partial charge is 0.321 e. The molecular weight excluding hydrogens is 284 g/mol. The summed E-state index contributed by atoms with van der Waals surface area (Å²) in [5.74, 6) is -0.424. The van der Waals surface area contributed by atoms with Crippen LogP contribution in [0.1, 0.15) is 10.5 Å². The van der Waals surface area contributed by atoms with Gasteiger partial charge in [-0.3, -0.25) is 19.9 Å². The average Bonchev–Trinajstić information content (AvgIpc) is 2.55. The van der Waals surface area contributed by atoms with Crippen LogP contribution in [-0.2, 0) is 0 Å². The van der Waals surface area contributed by atoms with Crippen LogP contribution in [0.3, 0.4) is 0 Å². The Morgan fingerprint density at radius 1 is 1.05 bits per heavy atom. The molecule has 1 amide bonds. The van der Waals surface area contributed by atoms with Crippen molar-refractivity contribution < 1.29 is 9.72 Å². The van der Waals surface area contributed by atoms with Gasteiger partial charge in [-0.2, -0.15) is 0 Å². The van der Waals surface area contributed by atoms with E-state index in [0.717, 1.165) is 0 Å². The molecule has 0 spiro atoms. The van der Waals surface area contributed by atoms with Crippen molar-refractivity contribution in [1.82, 2.24) is 9.97 Å². The minimum Gasteiger partial charge on any atom is -0.321 e. The van der Waals surface area contributed by atoms with Gasteiger partial charge in [0.25, 0.3) is 11.6 Å². The molecule has 0 aliphatic rings. The van der Waals surface area contributed by atoms with Crippen molar-refractivity contribution in [3.63, 3.8) is 0 Å². The van der Waals surface area contributed by atoms with Crippen molar-refractivity contribution in [1.29, 1.82) is 0 Å². The quantitative estimate of drug-likeness (QED) is 0.591. The smallest absolute Gasteiger partial charge is 0.275 e. The predicted octanol–water partition coefficient (Wildman–Crippen LogP) is 2.79. The van der Waals surface area contributed by atoms with Gasteiger partial charge in [-0.1, -0.05) is 12.1 Å². The predicted molar refractivity (Wildman–Crippen MR) is 80.6 cm³/mol. The van der Waals surface area contributed by atoms with Gasteiger partial charge in [0, 0.05) is 17.8 Å². The Balaban J connectivity index is 1.81. The van der Waals surface area contributed by atoms with Crippen LogP contribution in [0.15, 0.2) is 54.7 Å². The number of amides is 1. The van der Waals surface area contributed by atoms with Crippen molar-refractivity contribution >= 4 is 28.3 Å². The summed E-state index contributed by atoms with van der Waals surface area (Å²) in [5, 5.41) is 13.2. The van der Waals surface area contributed by atoms with E-state index in [4.69, 9.17) is 0 Å². The number of non-ortho nitro benzene ring substituents is 1. The number of nitrogens with one attached hydrogen (secondary N) is 1. The van der Waals surface area contributed by atoms with E-state index < -0.39 is 10.8 Å². The molecule has 0 aliphatic heterocycles. The highest BCUT2D eigenvalue weighted by molar-refractivity contribution is 6.03. The standard InChI is InChI=1S/C15H10N4O3/c20-15(17-10-5-7-11(8-6-10)19(21)22)14-9-16-12-3-1-2-4-13(12)18-14/h1-9H,(H,17,20). The maximum Gasteiger partial charge on any atom is 0.275 e. The van der Waals surface area contributed by atoms with Gasteiger partial charge in [-0.15, -0.1) is 0 Å². The molecule has 0 radical (unpaired) electrons. The van der Waals surface area contributed by atoms with Gasteiger partial charge in [-0.05, 0) is 24.3 Å². The summed E-state index contributed by atoms with van der Waals surface area (Å²) in [5.41, 5.74) is 1.92. The van der Waals surface area contributed by atoms with Crippen LogP contribution in [0.5, 0.6) is 0 Å². The van der Waals surface area contributed by atoms with E-state index in [0.29, 0.717) is 16.7 Å². The number of fused-ring (bicyclic) bond motifs is 1. The third-order valence-electron chi connectivity index (χ3n) is 3.02. The van der Waals surface area contributed by atoms with Crippen LogP contribution in [0.25, 0.3) is 11.0 Å². The van der Waals surface area contributed by atoms with Crippen LogP contribution in [0, 0.1) is 10.1 Å². The number of hydrogen-bond acceptors (Lipinski definition) is 5. The normalized spacial score (nSPS) is 10.4. The molecule has 2 aromatic carbocycles. The molecule has 0 unspecified atom stereocenters. The van der Waals surface area contributed by atoms with E-state index in [-0.39, 0.29) is 11.4 Å². The summed E-state index contributed by atoms with van der Waals surface area (Å²) < 4.78 is 0. The van der Waals surface area contributed by atoms with Crippen molar-refractivity contribution in [2.24, 2.45) is 0 Å². The first-order valence-corrected chi connectivity index (χ1v) is 6.41. The van der Waals surface area contributed by atoms with E-state index >= 15 is 0 Å². The van der Waals surface area contributed by atoms with Crippen molar-refractivity contribution in [3.05, 3.63) is 70.5 Å². The number of anilines is 1. The lowest BCUT2D eigenvalue weighted by atomic mass is 10.2. The van der Waals surface area contributed by atoms with Gasteiger partial charge < -0.3 is 5.32 Å². The molecule has 3 aromatic rings. The van der Waals surface area contributed by atoms with E-state index in [9.17, 15) is 14.9 Å². The Kier molecular flexibility index (Phi) is 3.45. The Labute approximate surface area is 124 Å². The first-order chi connectivity index (χ1) is 10.6. The summed E-state index contributed by atoms with van der Waals surface area (Å²) in [7, 11) is 0. The van der Waals surface area contributed by atoms with Crippen molar-refractivity contribution in [2.45, 2.75) is 0 Å². The second kappa shape index (κ2) is 5.57. The van der Waals surface area contributed by atoms with Crippen LogP contribution in [0.2, 0.25) is 0 Å². The third kappa shape index (κ3) is 2.73. The molecule has 108 valence electrons. The first kappa shape index (κ1) is 13.6. The maximum absolute atomic E-state index is 12.1.